The lowest BCUT2D eigenvalue weighted by molar-refractivity contribution is -0.0601. The Morgan fingerprint density at radius 3 is 2.84 bits per heavy atom. The van der Waals surface area contributed by atoms with Crippen LogP contribution in [0.3, 0.4) is 0 Å². The van der Waals surface area contributed by atoms with Gasteiger partial charge >= 0.3 is 0 Å². The summed E-state index contributed by atoms with van der Waals surface area (Å²) in [6.45, 7) is 5.93. The van der Waals surface area contributed by atoms with Crippen molar-refractivity contribution in [3.8, 4) is 5.75 Å². The van der Waals surface area contributed by atoms with Gasteiger partial charge in [-0.15, -0.1) is 0 Å². The fourth-order valence-corrected chi connectivity index (χ4v) is 2.81. The molecule has 0 bridgehead atoms. The molecule has 1 fully saturated rings. The number of hydrogen-bond acceptors (Lipinski definition) is 3. The average Bonchev–Trinajstić information content (AvgIpc) is 2.38. The molecular formula is C15H22FNO2. The van der Waals surface area contributed by atoms with Gasteiger partial charge < -0.3 is 9.84 Å². The fraction of sp³-hybridized carbons (Fsp3) is 0.600. The number of hydrogen-bond donors (Lipinski definition) is 1. The first-order valence-electron chi connectivity index (χ1n) is 6.73. The Kier molecular flexibility index (Phi) is 4.11. The molecule has 1 N–H and O–H groups in total. The number of methoxy groups -OCH3 is 1. The van der Waals surface area contributed by atoms with E-state index in [9.17, 15) is 9.50 Å². The van der Waals surface area contributed by atoms with Crippen molar-refractivity contribution in [3.05, 3.63) is 29.6 Å². The Morgan fingerprint density at radius 2 is 2.21 bits per heavy atom. The van der Waals surface area contributed by atoms with E-state index in [0.717, 1.165) is 31.5 Å². The molecular weight excluding hydrogens is 245 g/mol. The number of benzene rings is 1. The lowest BCUT2D eigenvalue weighted by Gasteiger charge is -2.42. The van der Waals surface area contributed by atoms with Gasteiger partial charge in [0.05, 0.1) is 5.60 Å². The number of ether oxygens (including phenoxy) is 1. The third-order valence-corrected chi connectivity index (χ3v) is 4.17. The van der Waals surface area contributed by atoms with E-state index in [1.54, 1.807) is 13.2 Å². The molecule has 2 unspecified atom stereocenters. The minimum Gasteiger partial charge on any atom is -0.508 e. The molecule has 2 rings (SSSR count). The van der Waals surface area contributed by atoms with Crippen molar-refractivity contribution in [1.82, 2.24) is 4.90 Å². The normalized spacial score (nSPS) is 26.3. The van der Waals surface area contributed by atoms with E-state index in [2.05, 4.69) is 11.8 Å². The van der Waals surface area contributed by atoms with Crippen LogP contribution in [0.25, 0.3) is 0 Å². The summed E-state index contributed by atoms with van der Waals surface area (Å²) in [5.41, 5.74) is 0.629. The summed E-state index contributed by atoms with van der Waals surface area (Å²) in [4.78, 5) is 2.28. The van der Waals surface area contributed by atoms with Crippen LogP contribution < -0.4 is 0 Å². The van der Waals surface area contributed by atoms with Crippen LogP contribution in [0.15, 0.2) is 18.2 Å². The molecule has 0 aliphatic carbocycles. The quantitative estimate of drug-likeness (QED) is 0.913. The Labute approximate surface area is 114 Å². The van der Waals surface area contributed by atoms with Crippen molar-refractivity contribution in [2.75, 3.05) is 20.2 Å². The maximum atomic E-state index is 13.0. The zero-order chi connectivity index (χ0) is 14.0. The number of likely N-dealkylation sites (tertiary alicyclic amines) is 1. The first-order chi connectivity index (χ1) is 8.95. The molecule has 0 spiro atoms. The number of phenolic OH excluding ortho intramolecular Hbond substituents is 1. The van der Waals surface area contributed by atoms with Gasteiger partial charge in [-0.1, -0.05) is 6.07 Å². The van der Waals surface area contributed by atoms with E-state index in [1.165, 1.54) is 12.1 Å². The van der Waals surface area contributed by atoms with Crippen LogP contribution in [-0.2, 0) is 4.74 Å². The predicted octanol–water partition coefficient (Wildman–Crippen LogP) is 3.09. The van der Waals surface area contributed by atoms with Gasteiger partial charge in [-0.2, -0.15) is 0 Å². The molecule has 0 saturated carbocycles. The molecule has 0 radical (unpaired) electrons. The molecule has 106 valence electrons. The average molecular weight is 267 g/mol. The largest absolute Gasteiger partial charge is 0.508 e. The lowest BCUT2D eigenvalue weighted by Crippen LogP contribution is -2.48. The summed E-state index contributed by atoms with van der Waals surface area (Å²) in [7, 11) is 1.74. The van der Waals surface area contributed by atoms with E-state index >= 15 is 0 Å². The second-order valence-electron chi connectivity index (χ2n) is 5.61. The molecule has 4 heteroatoms. The first kappa shape index (κ1) is 14.3. The van der Waals surface area contributed by atoms with Crippen molar-refractivity contribution >= 4 is 0 Å². The molecule has 1 aromatic rings. The van der Waals surface area contributed by atoms with Gasteiger partial charge in [-0.05, 0) is 39.3 Å². The molecule has 19 heavy (non-hydrogen) atoms. The van der Waals surface area contributed by atoms with Gasteiger partial charge in [0.2, 0.25) is 0 Å². The van der Waals surface area contributed by atoms with Crippen molar-refractivity contribution in [1.29, 1.82) is 0 Å². The topological polar surface area (TPSA) is 32.7 Å². The van der Waals surface area contributed by atoms with Crippen LogP contribution in [0, 0.1) is 5.82 Å². The van der Waals surface area contributed by atoms with Crippen LogP contribution in [0.4, 0.5) is 4.39 Å². The van der Waals surface area contributed by atoms with Crippen LogP contribution >= 0.6 is 0 Å². The highest BCUT2D eigenvalue weighted by Crippen LogP contribution is 2.33. The minimum absolute atomic E-state index is 0.0252. The van der Waals surface area contributed by atoms with Gasteiger partial charge in [0.15, 0.2) is 0 Å². The van der Waals surface area contributed by atoms with Crippen LogP contribution in [0.1, 0.15) is 38.3 Å². The number of phenols is 1. The van der Waals surface area contributed by atoms with Gasteiger partial charge in [-0.25, -0.2) is 4.39 Å². The molecule has 2 atom stereocenters. The molecule has 0 amide bonds. The highest BCUT2D eigenvalue weighted by atomic mass is 19.1. The number of nitrogens with zero attached hydrogens (tertiary/aromatic N) is 1. The van der Waals surface area contributed by atoms with Crippen molar-refractivity contribution < 1.29 is 14.2 Å². The standard InChI is InChI=1S/C15H22FNO2/c1-11(13-6-5-12(16)9-14(13)18)17-8-4-7-15(2,10-17)19-3/h5-6,9,11,18H,4,7-8,10H2,1-3H3. The summed E-state index contributed by atoms with van der Waals surface area (Å²) < 4.78 is 18.6. The molecule has 3 nitrogen and oxygen atoms in total. The monoisotopic (exact) mass is 267 g/mol. The summed E-state index contributed by atoms with van der Waals surface area (Å²) in [5.74, 6) is -0.383. The van der Waals surface area contributed by atoms with Crippen LogP contribution in [-0.4, -0.2) is 35.8 Å². The summed E-state index contributed by atoms with van der Waals surface area (Å²) in [5, 5.41) is 9.88. The Morgan fingerprint density at radius 1 is 1.47 bits per heavy atom. The maximum absolute atomic E-state index is 13.0. The van der Waals surface area contributed by atoms with Crippen LogP contribution in [0.2, 0.25) is 0 Å². The van der Waals surface area contributed by atoms with Crippen molar-refractivity contribution in [2.24, 2.45) is 0 Å². The summed E-state index contributed by atoms with van der Waals surface area (Å²) >= 11 is 0. The smallest absolute Gasteiger partial charge is 0.126 e. The van der Waals surface area contributed by atoms with Gasteiger partial charge in [0.25, 0.3) is 0 Å². The molecule has 1 saturated heterocycles. The van der Waals surface area contributed by atoms with E-state index in [1.807, 2.05) is 6.92 Å². The zero-order valence-corrected chi connectivity index (χ0v) is 11.8. The van der Waals surface area contributed by atoms with Gasteiger partial charge in [0.1, 0.15) is 11.6 Å². The third kappa shape index (κ3) is 3.07. The van der Waals surface area contributed by atoms with E-state index in [-0.39, 0.29) is 17.4 Å². The highest BCUT2D eigenvalue weighted by Gasteiger charge is 2.33. The number of aromatic hydroxyl groups is 1. The minimum atomic E-state index is -0.408. The highest BCUT2D eigenvalue weighted by molar-refractivity contribution is 5.35. The lowest BCUT2D eigenvalue weighted by atomic mass is 9.92. The number of piperidine rings is 1. The fourth-order valence-electron chi connectivity index (χ4n) is 2.81. The van der Waals surface area contributed by atoms with Crippen molar-refractivity contribution in [2.45, 2.75) is 38.3 Å². The third-order valence-electron chi connectivity index (χ3n) is 4.17. The molecule has 1 aliphatic rings. The molecule has 1 heterocycles. The summed E-state index contributed by atoms with van der Waals surface area (Å²) in [6, 6.07) is 4.28. The van der Waals surface area contributed by atoms with Gasteiger partial charge in [-0.3, -0.25) is 4.90 Å². The second kappa shape index (κ2) is 5.47. The van der Waals surface area contributed by atoms with Gasteiger partial charge in [0, 0.05) is 31.3 Å². The second-order valence-corrected chi connectivity index (χ2v) is 5.61. The zero-order valence-electron chi connectivity index (χ0n) is 11.8. The summed E-state index contributed by atoms with van der Waals surface area (Å²) in [6.07, 6.45) is 2.11. The number of halogens is 1. The molecule has 1 aromatic carbocycles. The Hall–Kier alpha value is -1.13. The first-order valence-corrected chi connectivity index (χ1v) is 6.73. The Balaban J connectivity index is 2.17. The number of rotatable bonds is 3. The van der Waals surface area contributed by atoms with E-state index in [4.69, 9.17) is 4.74 Å². The van der Waals surface area contributed by atoms with E-state index < -0.39 is 5.82 Å². The van der Waals surface area contributed by atoms with Crippen LogP contribution in [0.5, 0.6) is 5.75 Å². The molecule has 1 aliphatic heterocycles. The van der Waals surface area contributed by atoms with Crippen molar-refractivity contribution in [3.63, 3.8) is 0 Å². The Bertz CT molecular complexity index is 452. The SMILES string of the molecule is COC1(C)CCCN(C(C)c2ccc(F)cc2O)C1. The van der Waals surface area contributed by atoms with E-state index in [0.29, 0.717) is 0 Å². The predicted molar refractivity (Wildman–Crippen MR) is 72.7 cm³/mol. The molecule has 0 aromatic heterocycles. The maximum Gasteiger partial charge on any atom is 0.126 e.